The molecule has 1 aromatic heterocycles. The molecule has 1 aliphatic heterocycles. The van der Waals surface area contributed by atoms with E-state index in [0.717, 1.165) is 57.4 Å². The van der Waals surface area contributed by atoms with Gasteiger partial charge in [-0.05, 0) is 51.7 Å². The van der Waals surface area contributed by atoms with Gasteiger partial charge < -0.3 is 15.1 Å². The van der Waals surface area contributed by atoms with Crippen LogP contribution in [0.3, 0.4) is 0 Å². The smallest absolute Gasteiger partial charge is 0.247 e. The zero-order valence-electron chi connectivity index (χ0n) is 16.6. The number of anilines is 2. The SMILES string of the molecule is CCN(CC)c1ccc(NC(=O)C2CCCN2C(=O)C2CCCCC2)cn1. The van der Waals surface area contributed by atoms with Crippen molar-refractivity contribution in [2.75, 3.05) is 29.9 Å². The van der Waals surface area contributed by atoms with Gasteiger partial charge in [-0.2, -0.15) is 0 Å². The van der Waals surface area contributed by atoms with Crippen LogP contribution < -0.4 is 10.2 Å². The normalized spacial score (nSPS) is 20.5. The zero-order chi connectivity index (χ0) is 19.2. The van der Waals surface area contributed by atoms with E-state index >= 15 is 0 Å². The number of aromatic nitrogens is 1. The molecule has 6 heteroatoms. The molecule has 3 rings (SSSR count). The van der Waals surface area contributed by atoms with E-state index in [4.69, 9.17) is 0 Å². The molecule has 2 amide bonds. The fraction of sp³-hybridized carbons (Fsp3) is 0.667. The number of nitrogens with one attached hydrogen (secondary N) is 1. The van der Waals surface area contributed by atoms with Crippen LogP contribution in [0.25, 0.3) is 0 Å². The van der Waals surface area contributed by atoms with Gasteiger partial charge in [0.25, 0.3) is 0 Å². The Hall–Kier alpha value is -2.11. The second-order valence-corrected chi connectivity index (χ2v) is 7.59. The number of carbonyl (C=O) groups excluding carboxylic acids is 2. The average Bonchev–Trinajstić information content (AvgIpc) is 3.20. The Kier molecular flexibility index (Phi) is 6.69. The van der Waals surface area contributed by atoms with Crippen molar-refractivity contribution in [3.05, 3.63) is 18.3 Å². The molecule has 1 N–H and O–H groups in total. The third-order valence-corrected chi connectivity index (χ3v) is 5.90. The summed E-state index contributed by atoms with van der Waals surface area (Å²) >= 11 is 0. The first-order chi connectivity index (χ1) is 13.1. The highest BCUT2D eigenvalue weighted by atomic mass is 16.2. The van der Waals surface area contributed by atoms with E-state index in [0.29, 0.717) is 12.2 Å². The molecule has 2 aliphatic rings. The molecule has 0 radical (unpaired) electrons. The lowest BCUT2D eigenvalue weighted by atomic mass is 9.88. The molecule has 0 bridgehead atoms. The molecule has 2 fully saturated rings. The Morgan fingerprint density at radius 1 is 1.11 bits per heavy atom. The number of likely N-dealkylation sites (tertiary alicyclic amines) is 1. The van der Waals surface area contributed by atoms with Crippen molar-refractivity contribution in [2.24, 2.45) is 5.92 Å². The van der Waals surface area contributed by atoms with E-state index < -0.39 is 0 Å². The van der Waals surface area contributed by atoms with Crippen molar-refractivity contribution >= 4 is 23.3 Å². The molecule has 2 heterocycles. The Morgan fingerprint density at radius 3 is 2.48 bits per heavy atom. The summed E-state index contributed by atoms with van der Waals surface area (Å²) in [5.74, 6) is 1.12. The van der Waals surface area contributed by atoms with Crippen LogP contribution >= 0.6 is 0 Å². The zero-order valence-corrected chi connectivity index (χ0v) is 16.6. The number of hydrogen-bond acceptors (Lipinski definition) is 4. The van der Waals surface area contributed by atoms with Crippen LogP contribution in [0.1, 0.15) is 58.8 Å². The van der Waals surface area contributed by atoms with Crippen LogP contribution in [0.2, 0.25) is 0 Å². The summed E-state index contributed by atoms with van der Waals surface area (Å²) in [6.07, 6.45) is 8.78. The van der Waals surface area contributed by atoms with E-state index in [-0.39, 0.29) is 23.8 Å². The van der Waals surface area contributed by atoms with Crippen molar-refractivity contribution in [3.8, 4) is 0 Å². The maximum atomic E-state index is 12.9. The van der Waals surface area contributed by atoms with Gasteiger partial charge in [0, 0.05) is 25.6 Å². The summed E-state index contributed by atoms with van der Waals surface area (Å²) in [6.45, 7) is 6.69. The number of carbonyl (C=O) groups is 2. The molecule has 1 saturated carbocycles. The van der Waals surface area contributed by atoms with Gasteiger partial charge in [-0.25, -0.2) is 4.98 Å². The lowest BCUT2D eigenvalue weighted by Gasteiger charge is -2.30. The largest absolute Gasteiger partial charge is 0.357 e. The maximum absolute atomic E-state index is 12.9. The molecule has 1 saturated heterocycles. The van der Waals surface area contributed by atoms with Gasteiger partial charge in [0.05, 0.1) is 11.9 Å². The maximum Gasteiger partial charge on any atom is 0.247 e. The van der Waals surface area contributed by atoms with Gasteiger partial charge in [-0.3, -0.25) is 9.59 Å². The lowest BCUT2D eigenvalue weighted by molar-refractivity contribution is -0.141. The van der Waals surface area contributed by atoms with Crippen molar-refractivity contribution in [1.29, 1.82) is 0 Å². The second kappa shape index (κ2) is 9.20. The summed E-state index contributed by atoms with van der Waals surface area (Å²) in [5.41, 5.74) is 0.688. The van der Waals surface area contributed by atoms with Crippen LogP contribution in [0.4, 0.5) is 11.5 Å². The molecular formula is C21H32N4O2. The van der Waals surface area contributed by atoms with Crippen LogP contribution in [-0.4, -0.2) is 47.4 Å². The minimum atomic E-state index is -0.345. The Bertz CT molecular complexity index is 636. The highest BCUT2D eigenvalue weighted by molar-refractivity contribution is 5.97. The molecular weight excluding hydrogens is 340 g/mol. The molecule has 1 unspecified atom stereocenters. The summed E-state index contributed by atoms with van der Waals surface area (Å²) in [5, 5.41) is 2.96. The molecule has 148 valence electrons. The summed E-state index contributed by atoms with van der Waals surface area (Å²) < 4.78 is 0. The summed E-state index contributed by atoms with van der Waals surface area (Å²) in [4.78, 5) is 34.1. The molecule has 6 nitrogen and oxygen atoms in total. The molecule has 1 aliphatic carbocycles. The first-order valence-electron chi connectivity index (χ1n) is 10.5. The van der Waals surface area contributed by atoms with Crippen LogP contribution in [-0.2, 0) is 9.59 Å². The van der Waals surface area contributed by atoms with Gasteiger partial charge in [-0.15, -0.1) is 0 Å². The topological polar surface area (TPSA) is 65.5 Å². The van der Waals surface area contributed by atoms with Crippen molar-refractivity contribution in [3.63, 3.8) is 0 Å². The fourth-order valence-corrected chi connectivity index (χ4v) is 4.31. The molecule has 0 aromatic carbocycles. The third kappa shape index (κ3) is 4.60. The van der Waals surface area contributed by atoms with Crippen molar-refractivity contribution < 1.29 is 9.59 Å². The summed E-state index contributed by atoms with van der Waals surface area (Å²) in [7, 11) is 0. The Labute approximate surface area is 162 Å². The minimum Gasteiger partial charge on any atom is -0.357 e. The molecule has 1 aromatic rings. The average molecular weight is 373 g/mol. The predicted molar refractivity (Wildman–Crippen MR) is 108 cm³/mol. The van der Waals surface area contributed by atoms with E-state index in [1.165, 1.54) is 6.42 Å². The molecule has 27 heavy (non-hydrogen) atoms. The van der Waals surface area contributed by atoms with Crippen molar-refractivity contribution in [2.45, 2.75) is 64.8 Å². The fourth-order valence-electron chi connectivity index (χ4n) is 4.31. The Morgan fingerprint density at radius 2 is 1.85 bits per heavy atom. The van der Waals surface area contributed by atoms with Gasteiger partial charge in [-0.1, -0.05) is 19.3 Å². The number of pyridine rings is 1. The van der Waals surface area contributed by atoms with Crippen LogP contribution in [0.15, 0.2) is 18.3 Å². The standard InChI is InChI=1S/C21H32N4O2/c1-3-24(4-2)19-13-12-17(15-22-19)23-20(26)18-11-8-14-25(18)21(27)16-9-6-5-7-10-16/h12-13,15-16,18H,3-11,14H2,1-2H3,(H,23,26). The summed E-state index contributed by atoms with van der Waals surface area (Å²) in [6, 6.07) is 3.48. The van der Waals surface area contributed by atoms with Crippen LogP contribution in [0.5, 0.6) is 0 Å². The number of amides is 2. The first-order valence-corrected chi connectivity index (χ1v) is 10.5. The van der Waals surface area contributed by atoms with E-state index in [1.54, 1.807) is 6.20 Å². The first kappa shape index (κ1) is 19.6. The van der Waals surface area contributed by atoms with Gasteiger partial charge in [0.15, 0.2) is 0 Å². The van der Waals surface area contributed by atoms with Gasteiger partial charge in [0.1, 0.15) is 11.9 Å². The quantitative estimate of drug-likeness (QED) is 0.831. The molecule has 1 atom stereocenters. The van der Waals surface area contributed by atoms with Gasteiger partial charge in [0.2, 0.25) is 11.8 Å². The van der Waals surface area contributed by atoms with E-state index in [2.05, 4.69) is 29.0 Å². The second-order valence-electron chi connectivity index (χ2n) is 7.59. The lowest BCUT2D eigenvalue weighted by Crippen LogP contribution is -2.46. The number of rotatable bonds is 6. The Balaban J connectivity index is 1.61. The highest BCUT2D eigenvalue weighted by Gasteiger charge is 2.37. The predicted octanol–water partition coefficient (Wildman–Crippen LogP) is 3.44. The monoisotopic (exact) mass is 372 g/mol. The molecule has 0 spiro atoms. The highest BCUT2D eigenvalue weighted by Crippen LogP contribution is 2.29. The van der Waals surface area contributed by atoms with Crippen molar-refractivity contribution in [1.82, 2.24) is 9.88 Å². The van der Waals surface area contributed by atoms with E-state index in [9.17, 15) is 9.59 Å². The van der Waals surface area contributed by atoms with Crippen LogP contribution in [0, 0.1) is 5.92 Å². The van der Waals surface area contributed by atoms with Gasteiger partial charge >= 0.3 is 0 Å². The number of nitrogens with zero attached hydrogens (tertiary/aromatic N) is 3. The minimum absolute atomic E-state index is 0.0888. The van der Waals surface area contributed by atoms with E-state index in [1.807, 2.05) is 17.0 Å². The third-order valence-electron chi connectivity index (χ3n) is 5.90. The number of hydrogen-bond donors (Lipinski definition) is 1.